The highest BCUT2D eigenvalue weighted by Crippen LogP contribution is 2.24. The Morgan fingerprint density at radius 3 is 2.47 bits per heavy atom. The molecule has 1 aromatic rings. The summed E-state index contributed by atoms with van der Waals surface area (Å²) in [5.41, 5.74) is 4.34. The molecule has 2 heteroatoms. The van der Waals surface area contributed by atoms with Crippen molar-refractivity contribution in [1.29, 1.82) is 0 Å². The van der Waals surface area contributed by atoms with Crippen LogP contribution in [-0.4, -0.2) is 29.6 Å². The molecule has 1 aromatic carbocycles. The van der Waals surface area contributed by atoms with Crippen LogP contribution in [0.15, 0.2) is 35.4 Å². The molecule has 0 unspecified atom stereocenters. The summed E-state index contributed by atoms with van der Waals surface area (Å²) in [5, 5.41) is 9.27. The molecule has 0 aromatic heterocycles. The van der Waals surface area contributed by atoms with Gasteiger partial charge in [0.15, 0.2) is 0 Å². The van der Waals surface area contributed by atoms with Gasteiger partial charge in [-0.25, -0.2) is 0 Å². The molecule has 0 saturated carbocycles. The summed E-state index contributed by atoms with van der Waals surface area (Å²) in [7, 11) is 2.20. The van der Waals surface area contributed by atoms with Crippen LogP contribution in [-0.2, 0) is 6.42 Å². The van der Waals surface area contributed by atoms with Gasteiger partial charge in [0.2, 0.25) is 0 Å². The minimum atomic E-state index is 0.345. The number of nitrogens with zero attached hydrogens (tertiary/aromatic N) is 1. The van der Waals surface area contributed by atoms with Gasteiger partial charge in [-0.1, -0.05) is 23.3 Å². The van der Waals surface area contributed by atoms with Crippen molar-refractivity contribution < 1.29 is 5.11 Å². The fraction of sp³-hybridized carbons (Fsp3) is 0.467. The molecule has 1 N–H and O–H groups in total. The molecule has 92 valence electrons. The zero-order valence-corrected chi connectivity index (χ0v) is 10.9. The average molecular weight is 231 g/mol. The highest BCUT2D eigenvalue weighted by molar-refractivity contribution is 5.27. The lowest BCUT2D eigenvalue weighted by Gasteiger charge is -2.34. The van der Waals surface area contributed by atoms with E-state index in [4.69, 9.17) is 0 Å². The number of likely N-dealkylation sites (N-methyl/N-ethyl adjacent to an activating group) is 1. The van der Waals surface area contributed by atoms with Crippen LogP contribution in [0.1, 0.15) is 25.8 Å². The third kappa shape index (κ3) is 2.89. The lowest BCUT2D eigenvalue weighted by molar-refractivity contribution is 0.241. The van der Waals surface area contributed by atoms with Crippen molar-refractivity contribution in [3.05, 3.63) is 41.0 Å². The van der Waals surface area contributed by atoms with Gasteiger partial charge in [-0.15, -0.1) is 0 Å². The van der Waals surface area contributed by atoms with Crippen molar-refractivity contribution in [3.63, 3.8) is 0 Å². The second-order valence-electron chi connectivity index (χ2n) is 5.20. The number of rotatable bonds is 2. The summed E-state index contributed by atoms with van der Waals surface area (Å²) in [6, 6.07) is 8.16. The van der Waals surface area contributed by atoms with E-state index in [1.165, 1.54) is 16.7 Å². The molecule has 0 fully saturated rings. The van der Waals surface area contributed by atoms with E-state index < -0.39 is 0 Å². The first-order valence-corrected chi connectivity index (χ1v) is 6.19. The Hall–Kier alpha value is -1.28. The molecular weight excluding hydrogens is 210 g/mol. The van der Waals surface area contributed by atoms with Gasteiger partial charge in [-0.05, 0) is 51.4 Å². The quantitative estimate of drug-likeness (QED) is 0.791. The first-order chi connectivity index (χ1) is 8.06. The van der Waals surface area contributed by atoms with Crippen LogP contribution in [0.25, 0.3) is 0 Å². The Morgan fingerprint density at radius 2 is 1.82 bits per heavy atom. The zero-order chi connectivity index (χ0) is 12.4. The number of hydrogen-bond donors (Lipinski definition) is 1. The third-order valence-corrected chi connectivity index (χ3v) is 3.79. The summed E-state index contributed by atoms with van der Waals surface area (Å²) in [5.74, 6) is 0.345. The van der Waals surface area contributed by atoms with Crippen LogP contribution in [0.5, 0.6) is 5.75 Å². The smallest absolute Gasteiger partial charge is 0.115 e. The molecule has 1 atom stereocenters. The summed E-state index contributed by atoms with van der Waals surface area (Å²) in [6.07, 6.45) is 2.21. The third-order valence-electron chi connectivity index (χ3n) is 3.79. The predicted molar refractivity (Wildman–Crippen MR) is 71.2 cm³/mol. The van der Waals surface area contributed by atoms with Gasteiger partial charge in [0.05, 0.1) is 0 Å². The molecule has 0 aliphatic carbocycles. The zero-order valence-electron chi connectivity index (χ0n) is 10.9. The maximum absolute atomic E-state index is 9.27. The number of aromatic hydroxyl groups is 1. The van der Waals surface area contributed by atoms with Crippen LogP contribution in [0.4, 0.5) is 0 Å². The molecule has 2 rings (SSSR count). The van der Waals surface area contributed by atoms with E-state index in [0.29, 0.717) is 11.8 Å². The van der Waals surface area contributed by atoms with Crippen molar-refractivity contribution >= 4 is 0 Å². The molecule has 0 bridgehead atoms. The summed E-state index contributed by atoms with van der Waals surface area (Å²) < 4.78 is 0. The highest BCUT2D eigenvalue weighted by atomic mass is 16.3. The Labute approximate surface area is 104 Å². The molecule has 1 heterocycles. The largest absolute Gasteiger partial charge is 0.508 e. The van der Waals surface area contributed by atoms with Crippen molar-refractivity contribution in [3.8, 4) is 5.75 Å². The molecule has 0 amide bonds. The van der Waals surface area contributed by atoms with E-state index in [1.807, 2.05) is 12.1 Å². The van der Waals surface area contributed by atoms with E-state index in [0.717, 1.165) is 19.4 Å². The van der Waals surface area contributed by atoms with Gasteiger partial charge >= 0.3 is 0 Å². The second-order valence-corrected chi connectivity index (χ2v) is 5.20. The van der Waals surface area contributed by atoms with E-state index in [1.54, 1.807) is 12.1 Å². The Bertz CT molecular complexity index is 419. The lowest BCUT2D eigenvalue weighted by Crippen LogP contribution is -2.38. The normalized spacial score (nSPS) is 21.9. The monoisotopic (exact) mass is 231 g/mol. The van der Waals surface area contributed by atoms with Crippen LogP contribution in [0.3, 0.4) is 0 Å². The topological polar surface area (TPSA) is 23.5 Å². The first-order valence-electron chi connectivity index (χ1n) is 6.19. The Kier molecular flexibility index (Phi) is 3.53. The van der Waals surface area contributed by atoms with Gasteiger partial charge in [-0.3, -0.25) is 4.90 Å². The summed E-state index contributed by atoms with van der Waals surface area (Å²) in [6.45, 7) is 5.54. The SMILES string of the molecule is CC1=C(C)CN(C)[C@@H](Cc2ccc(O)cc2)C1. The Balaban J connectivity index is 2.07. The molecule has 0 saturated heterocycles. The molecule has 1 aliphatic rings. The fourth-order valence-electron chi connectivity index (χ4n) is 2.45. The van der Waals surface area contributed by atoms with Crippen LogP contribution in [0, 0.1) is 0 Å². The van der Waals surface area contributed by atoms with Crippen molar-refractivity contribution in [2.24, 2.45) is 0 Å². The number of phenols is 1. The van der Waals surface area contributed by atoms with Gasteiger partial charge in [0.25, 0.3) is 0 Å². The molecule has 1 aliphatic heterocycles. The van der Waals surface area contributed by atoms with Crippen LogP contribution >= 0.6 is 0 Å². The summed E-state index contributed by atoms with van der Waals surface area (Å²) >= 11 is 0. The molecular formula is C15H21NO. The first kappa shape index (κ1) is 12.2. The molecule has 17 heavy (non-hydrogen) atoms. The van der Waals surface area contributed by atoms with Crippen LogP contribution < -0.4 is 0 Å². The van der Waals surface area contributed by atoms with E-state index >= 15 is 0 Å². The molecule has 2 nitrogen and oxygen atoms in total. The van der Waals surface area contributed by atoms with Crippen molar-refractivity contribution in [1.82, 2.24) is 4.90 Å². The van der Waals surface area contributed by atoms with E-state index in [9.17, 15) is 5.11 Å². The minimum absolute atomic E-state index is 0.345. The summed E-state index contributed by atoms with van der Waals surface area (Å²) in [4.78, 5) is 2.43. The van der Waals surface area contributed by atoms with Gasteiger partial charge in [0, 0.05) is 12.6 Å². The fourth-order valence-corrected chi connectivity index (χ4v) is 2.45. The number of phenolic OH excluding ortho intramolecular Hbond substituents is 1. The van der Waals surface area contributed by atoms with Crippen molar-refractivity contribution in [2.45, 2.75) is 32.7 Å². The van der Waals surface area contributed by atoms with E-state index in [-0.39, 0.29) is 0 Å². The average Bonchev–Trinajstić information content (AvgIpc) is 2.29. The van der Waals surface area contributed by atoms with E-state index in [2.05, 4.69) is 25.8 Å². The van der Waals surface area contributed by atoms with Crippen LogP contribution in [0.2, 0.25) is 0 Å². The Morgan fingerprint density at radius 1 is 1.18 bits per heavy atom. The maximum Gasteiger partial charge on any atom is 0.115 e. The standard InChI is InChI=1S/C15H21NO/c1-11-8-14(16(3)10-12(11)2)9-13-4-6-15(17)7-5-13/h4-7,14,17H,8-10H2,1-3H3/t14-/m1/s1. The number of benzene rings is 1. The van der Waals surface area contributed by atoms with Gasteiger partial charge in [0.1, 0.15) is 5.75 Å². The predicted octanol–water partition coefficient (Wildman–Crippen LogP) is 2.98. The maximum atomic E-state index is 9.27. The minimum Gasteiger partial charge on any atom is -0.508 e. The highest BCUT2D eigenvalue weighted by Gasteiger charge is 2.21. The van der Waals surface area contributed by atoms with Gasteiger partial charge in [-0.2, -0.15) is 0 Å². The number of hydrogen-bond acceptors (Lipinski definition) is 2. The molecule has 0 spiro atoms. The lowest BCUT2D eigenvalue weighted by atomic mass is 9.92. The molecule has 0 radical (unpaired) electrons. The van der Waals surface area contributed by atoms with Crippen molar-refractivity contribution in [2.75, 3.05) is 13.6 Å². The van der Waals surface area contributed by atoms with Gasteiger partial charge < -0.3 is 5.11 Å². The second kappa shape index (κ2) is 4.92.